The van der Waals surface area contributed by atoms with Gasteiger partial charge in [0, 0.05) is 20.3 Å². The molecule has 0 aliphatic carbocycles. The average molecular weight is 281 g/mol. The topological polar surface area (TPSA) is 39.7 Å². The molecular formula is C16H27NO3. The maximum absolute atomic E-state index is 5.64. The fourth-order valence-corrected chi connectivity index (χ4v) is 2.18. The van der Waals surface area contributed by atoms with Crippen molar-refractivity contribution in [2.45, 2.75) is 52.2 Å². The summed E-state index contributed by atoms with van der Waals surface area (Å²) < 4.78 is 16.2. The van der Waals surface area contributed by atoms with Crippen LogP contribution in [0.3, 0.4) is 0 Å². The molecule has 0 spiro atoms. The Labute approximate surface area is 122 Å². The minimum atomic E-state index is -0.249. The van der Waals surface area contributed by atoms with E-state index in [2.05, 4.69) is 24.4 Å². The summed E-state index contributed by atoms with van der Waals surface area (Å²) in [4.78, 5) is 0. The highest BCUT2D eigenvalue weighted by Gasteiger charge is 2.18. The second-order valence-corrected chi connectivity index (χ2v) is 5.25. The smallest absolute Gasteiger partial charge is 0.171 e. The number of benzene rings is 1. The van der Waals surface area contributed by atoms with Crippen molar-refractivity contribution in [3.63, 3.8) is 0 Å². The monoisotopic (exact) mass is 281 g/mol. The highest BCUT2D eigenvalue weighted by Crippen LogP contribution is 2.19. The third-order valence-corrected chi connectivity index (χ3v) is 3.14. The summed E-state index contributed by atoms with van der Waals surface area (Å²) in [5, 5.41) is 3.47. The van der Waals surface area contributed by atoms with Gasteiger partial charge in [-0.1, -0.05) is 12.1 Å². The normalized spacial score (nSPS) is 14.6. The van der Waals surface area contributed by atoms with Crippen LogP contribution in [-0.4, -0.2) is 32.7 Å². The van der Waals surface area contributed by atoms with Gasteiger partial charge >= 0.3 is 0 Å². The zero-order valence-corrected chi connectivity index (χ0v) is 13.3. The van der Waals surface area contributed by atoms with E-state index >= 15 is 0 Å². The van der Waals surface area contributed by atoms with Crippen LogP contribution in [0, 0.1) is 0 Å². The van der Waals surface area contributed by atoms with Gasteiger partial charge in [-0.25, -0.2) is 0 Å². The molecule has 0 heterocycles. The summed E-state index contributed by atoms with van der Waals surface area (Å²) >= 11 is 0. The van der Waals surface area contributed by atoms with Crippen molar-refractivity contribution in [3.05, 3.63) is 29.8 Å². The first-order valence-electron chi connectivity index (χ1n) is 7.06. The van der Waals surface area contributed by atoms with Gasteiger partial charge in [0.05, 0.1) is 12.1 Å². The molecule has 0 aliphatic rings. The van der Waals surface area contributed by atoms with E-state index < -0.39 is 0 Å². The largest absolute Gasteiger partial charge is 0.491 e. The fourth-order valence-electron chi connectivity index (χ4n) is 2.18. The van der Waals surface area contributed by atoms with Gasteiger partial charge in [0.1, 0.15) is 5.75 Å². The van der Waals surface area contributed by atoms with E-state index in [0.29, 0.717) is 0 Å². The number of nitrogens with one attached hydrogen (secondary N) is 1. The van der Waals surface area contributed by atoms with E-state index in [-0.39, 0.29) is 24.5 Å². The van der Waals surface area contributed by atoms with Gasteiger partial charge in [0.2, 0.25) is 0 Å². The molecular weight excluding hydrogens is 254 g/mol. The van der Waals surface area contributed by atoms with Crippen LogP contribution < -0.4 is 10.1 Å². The van der Waals surface area contributed by atoms with Crippen LogP contribution in [0.2, 0.25) is 0 Å². The van der Waals surface area contributed by atoms with Crippen molar-refractivity contribution in [2.24, 2.45) is 0 Å². The van der Waals surface area contributed by atoms with E-state index in [9.17, 15) is 0 Å². The first-order valence-corrected chi connectivity index (χ1v) is 7.06. The number of hydrogen-bond acceptors (Lipinski definition) is 4. The molecule has 0 saturated carbocycles. The second kappa shape index (κ2) is 8.25. The Bertz CT molecular complexity index is 374. The Morgan fingerprint density at radius 3 is 1.90 bits per heavy atom. The van der Waals surface area contributed by atoms with E-state index in [1.807, 2.05) is 32.9 Å². The predicted molar refractivity (Wildman–Crippen MR) is 81.0 cm³/mol. The third-order valence-electron chi connectivity index (χ3n) is 3.14. The molecule has 0 fully saturated rings. The van der Waals surface area contributed by atoms with Crippen LogP contribution in [-0.2, 0) is 9.47 Å². The van der Waals surface area contributed by atoms with Crippen molar-refractivity contribution in [1.29, 1.82) is 0 Å². The molecule has 0 saturated heterocycles. The van der Waals surface area contributed by atoms with Crippen molar-refractivity contribution in [1.82, 2.24) is 5.32 Å². The van der Waals surface area contributed by atoms with Crippen LogP contribution in [0.4, 0.5) is 0 Å². The SMILES string of the molecule is COC(OC)C(C)NC(C)c1ccc(OC(C)C)cc1. The van der Waals surface area contributed by atoms with Gasteiger partial charge in [-0.2, -0.15) is 0 Å². The molecule has 2 atom stereocenters. The summed E-state index contributed by atoms with van der Waals surface area (Å²) in [6.07, 6.45) is -0.0541. The van der Waals surface area contributed by atoms with Crippen molar-refractivity contribution < 1.29 is 14.2 Å². The lowest BCUT2D eigenvalue weighted by Gasteiger charge is -2.26. The van der Waals surface area contributed by atoms with E-state index in [1.54, 1.807) is 14.2 Å². The van der Waals surface area contributed by atoms with Crippen molar-refractivity contribution in [3.8, 4) is 5.75 Å². The maximum atomic E-state index is 5.64. The zero-order valence-electron chi connectivity index (χ0n) is 13.3. The van der Waals surface area contributed by atoms with Crippen molar-refractivity contribution in [2.75, 3.05) is 14.2 Å². The van der Waals surface area contributed by atoms with E-state index in [1.165, 1.54) is 5.56 Å². The van der Waals surface area contributed by atoms with Gasteiger partial charge < -0.3 is 19.5 Å². The van der Waals surface area contributed by atoms with Crippen LogP contribution in [0.15, 0.2) is 24.3 Å². The van der Waals surface area contributed by atoms with E-state index in [4.69, 9.17) is 14.2 Å². The molecule has 0 amide bonds. The number of methoxy groups -OCH3 is 2. The molecule has 1 rings (SSSR count). The maximum Gasteiger partial charge on any atom is 0.171 e. The Morgan fingerprint density at radius 1 is 0.900 bits per heavy atom. The number of rotatable bonds is 8. The highest BCUT2D eigenvalue weighted by atomic mass is 16.7. The number of ether oxygens (including phenoxy) is 3. The summed E-state index contributed by atoms with van der Waals surface area (Å²) in [6, 6.07) is 8.48. The van der Waals surface area contributed by atoms with Crippen LogP contribution in [0.25, 0.3) is 0 Å². The predicted octanol–water partition coefficient (Wildman–Crippen LogP) is 3.13. The molecule has 2 unspecified atom stereocenters. The Morgan fingerprint density at radius 2 is 1.45 bits per heavy atom. The zero-order chi connectivity index (χ0) is 15.1. The molecule has 0 bridgehead atoms. The molecule has 4 nitrogen and oxygen atoms in total. The van der Waals surface area contributed by atoms with Gasteiger partial charge in [-0.3, -0.25) is 0 Å². The van der Waals surface area contributed by atoms with Gasteiger partial charge in [0.15, 0.2) is 6.29 Å². The van der Waals surface area contributed by atoms with Crippen molar-refractivity contribution >= 4 is 0 Å². The molecule has 1 aromatic carbocycles. The lowest BCUT2D eigenvalue weighted by Crippen LogP contribution is -2.40. The molecule has 20 heavy (non-hydrogen) atoms. The van der Waals surface area contributed by atoms with Crippen LogP contribution in [0.1, 0.15) is 39.3 Å². The Hall–Kier alpha value is -1.10. The minimum Gasteiger partial charge on any atom is -0.491 e. The molecule has 0 aromatic heterocycles. The second-order valence-electron chi connectivity index (χ2n) is 5.25. The molecule has 114 valence electrons. The molecule has 4 heteroatoms. The fraction of sp³-hybridized carbons (Fsp3) is 0.625. The molecule has 0 radical (unpaired) electrons. The van der Waals surface area contributed by atoms with Gasteiger partial charge in [0.25, 0.3) is 0 Å². The molecule has 0 aliphatic heterocycles. The number of hydrogen-bond donors (Lipinski definition) is 1. The van der Waals surface area contributed by atoms with Crippen LogP contribution >= 0.6 is 0 Å². The first kappa shape index (κ1) is 17.0. The summed E-state index contributed by atoms with van der Waals surface area (Å²) in [5.41, 5.74) is 1.21. The summed E-state index contributed by atoms with van der Waals surface area (Å²) in [7, 11) is 3.30. The summed E-state index contributed by atoms with van der Waals surface area (Å²) in [5.74, 6) is 0.899. The highest BCUT2D eigenvalue weighted by molar-refractivity contribution is 5.29. The van der Waals surface area contributed by atoms with Gasteiger partial charge in [-0.05, 0) is 45.4 Å². The Kier molecular flexibility index (Phi) is 6.99. The standard InChI is InChI=1S/C16H27NO3/c1-11(2)20-15-9-7-14(8-10-15)12(3)17-13(4)16(18-5)19-6/h7-13,16-17H,1-6H3. The lowest BCUT2D eigenvalue weighted by atomic mass is 10.1. The first-order chi connectivity index (χ1) is 9.47. The van der Waals surface area contributed by atoms with Gasteiger partial charge in [-0.15, -0.1) is 0 Å². The van der Waals surface area contributed by atoms with Crippen LogP contribution in [0.5, 0.6) is 5.75 Å². The lowest BCUT2D eigenvalue weighted by molar-refractivity contribution is -0.120. The van der Waals surface area contributed by atoms with E-state index in [0.717, 1.165) is 5.75 Å². The third kappa shape index (κ3) is 5.12. The minimum absolute atomic E-state index is 0.103. The average Bonchev–Trinajstić information content (AvgIpc) is 2.40. The quantitative estimate of drug-likeness (QED) is 0.743. The molecule has 1 N–H and O–H groups in total. The summed E-state index contributed by atoms with van der Waals surface area (Å²) in [6.45, 7) is 8.21. The molecule has 1 aromatic rings. The Balaban J connectivity index is 2.61.